The van der Waals surface area contributed by atoms with Crippen molar-refractivity contribution in [2.45, 2.75) is 12.3 Å². The van der Waals surface area contributed by atoms with Crippen LogP contribution in [0.2, 0.25) is 0 Å². The second-order valence-electron chi connectivity index (χ2n) is 4.89. The van der Waals surface area contributed by atoms with Gasteiger partial charge in [0.25, 0.3) is 0 Å². The summed E-state index contributed by atoms with van der Waals surface area (Å²) in [6.07, 6.45) is -2.78. The first-order valence-corrected chi connectivity index (χ1v) is 8.04. The van der Waals surface area contributed by atoms with Gasteiger partial charge in [-0.25, -0.2) is 43.9 Å². The Morgan fingerprint density at radius 2 is 0.615 bits per heavy atom. The van der Waals surface area contributed by atoms with Crippen molar-refractivity contribution in [3.05, 3.63) is 69.3 Å². The highest BCUT2D eigenvalue weighted by Crippen LogP contribution is 2.37. The smallest absolute Gasteiger partial charge is 0.203 e. The van der Waals surface area contributed by atoms with Crippen LogP contribution < -0.4 is 0 Å². The van der Waals surface area contributed by atoms with Crippen LogP contribution in [-0.4, -0.2) is 0 Å². The van der Waals surface area contributed by atoms with Crippen molar-refractivity contribution in [3.63, 3.8) is 0 Å². The molecule has 2 rings (SSSR count). The summed E-state index contributed by atoms with van der Waals surface area (Å²) in [5, 5.41) is 0. The van der Waals surface area contributed by atoms with Gasteiger partial charge in [0.1, 0.15) is 0 Å². The van der Waals surface area contributed by atoms with Gasteiger partial charge in [0, 0.05) is 0 Å². The van der Waals surface area contributed by atoms with Crippen LogP contribution in [0, 0.1) is 58.2 Å². The SMILES string of the molecule is O=[P+](Cc1c(F)c(F)c(F)c(F)c1F)Cc1c(F)c(F)c(F)c(F)c1F. The number of halogens is 10. The van der Waals surface area contributed by atoms with E-state index in [1.54, 1.807) is 0 Å². The van der Waals surface area contributed by atoms with Crippen molar-refractivity contribution in [2.75, 3.05) is 0 Å². The highest BCUT2D eigenvalue weighted by molar-refractivity contribution is 7.42. The van der Waals surface area contributed by atoms with Gasteiger partial charge in [0.2, 0.25) is 11.6 Å². The average Bonchev–Trinajstić information content (AvgIpc) is 2.62. The second kappa shape index (κ2) is 7.22. The van der Waals surface area contributed by atoms with Gasteiger partial charge in [-0.2, -0.15) is 0 Å². The van der Waals surface area contributed by atoms with Crippen LogP contribution in [-0.2, 0) is 16.9 Å². The Bertz CT molecular complexity index is 795. The summed E-state index contributed by atoms with van der Waals surface area (Å²) >= 11 is 0. The van der Waals surface area contributed by atoms with E-state index in [0.717, 1.165) is 0 Å². The molecule has 0 fully saturated rings. The molecule has 2 aromatic carbocycles. The third kappa shape index (κ3) is 3.27. The van der Waals surface area contributed by atoms with Gasteiger partial charge in [-0.05, 0) is 0 Å². The van der Waals surface area contributed by atoms with Gasteiger partial charge in [0.05, 0.1) is 11.1 Å². The molecule has 0 spiro atoms. The lowest BCUT2D eigenvalue weighted by Crippen LogP contribution is -2.08. The van der Waals surface area contributed by atoms with Gasteiger partial charge >= 0.3 is 7.80 Å². The van der Waals surface area contributed by atoms with Gasteiger partial charge in [-0.15, -0.1) is 0 Å². The molecule has 0 aromatic heterocycles. The molecule has 1 nitrogen and oxygen atoms in total. The normalized spacial score (nSPS) is 11.2. The number of benzene rings is 2. The molecule has 0 heterocycles. The van der Waals surface area contributed by atoms with Crippen LogP contribution in [0.3, 0.4) is 0 Å². The lowest BCUT2D eigenvalue weighted by atomic mass is 10.2. The Kier molecular flexibility index (Phi) is 5.60. The maximum Gasteiger partial charge on any atom is 0.348 e. The van der Waals surface area contributed by atoms with E-state index in [0.29, 0.717) is 0 Å². The topological polar surface area (TPSA) is 17.1 Å². The molecule has 2 aromatic rings. The molecular weight excluding hydrogens is 405 g/mol. The molecule has 0 aliphatic heterocycles. The zero-order chi connectivity index (χ0) is 19.9. The highest BCUT2D eigenvalue weighted by Gasteiger charge is 2.34. The molecule has 0 atom stereocenters. The van der Waals surface area contributed by atoms with E-state index in [2.05, 4.69) is 0 Å². The third-order valence-electron chi connectivity index (χ3n) is 3.27. The van der Waals surface area contributed by atoms with Crippen molar-refractivity contribution < 1.29 is 48.5 Å². The maximum atomic E-state index is 13.5. The lowest BCUT2D eigenvalue weighted by molar-refractivity contribution is 0.371. The second-order valence-corrected chi connectivity index (χ2v) is 6.49. The molecule has 0 saturated heterocycles. The molecular formula is C14H4F10OP+. The number of hydrogen-bond donors (Lipinski definition) is 0. The minimum absolute atomic E-state index is 1.39. The first-order valence-electron chi connectivity index (χ1n) is 6.41. The minimum Gasteiger partial charge on any atom is -0.203 e. The van der Waals surface area contributed by atoms with Crippen molar-refractivity contribution in [3.8, 4) is 0 Å². The van der Waals surface area contributed by atoms with Gasteiger partial charge in [-0.1, -0.05) is 4.57 Å². The Labute approximate surface area is 139 Å². The molecule has 0 aliphatic rings. The van der Waals surface area contributed by atoms with Gasteiger partial charge in [-0.3, -0.25) is 0 Å². The third-order valence-corrected chi connectivity index (χ3v) is 4.61. The van der Waals surface area contributed by atoms with E-state index in [1.807, 2.05) is 0 Å². The predicted molar refractivity (Wildman–Crippen MR) is 67.5 cm³/mol. The fraction of sp³-hybridized carbons (Fsp3) is 0.143. The van der Waals surface area contributed by atoms with E-state index in [1.165, 1.54) is 0 Å². The van der Waals surface area contributed by atoms with E-state index in [-0.39, 0.29) is 0 Å². The predicted octanol–water partition coefficient (Wildman–Crippen LogP) is 5.61. The summed E-state index contributed by atoms with van der Waals surface area (Å²) in [4.78, 5) is 0. The van der Waals surface area contributed by atoms with E-state index in [9.17, 15) is 48.5 Å². The quantitative estimate of drug-likeness (QED) is 0.278. The largest absolute Gasteiger partial charge is 0.348 e. The monoisotopic (exact) mass is 409 g/mol. The minimum atomic E-state index is -3.19. The van der Waals surface area contributed by atoms with Crippen LogP contribution >= 0.6 is 7.80 Å². The molecule has 140 valence electrons. The summed E-state index contributed by atoms with van der Waals surface area (Å²) in [7, 11) is -3.19. The van der Waals surface area contributed by atoms with Crippen molar-refractivity contribution in [2.24, 2.45) is 0 Å². The zero-order valence-corrected chi connectivity index (χ0v) is 12.9. The van der Waals surface area contributed by atoms with Crippen LogP contribution in [0.25, 0.3) is 0 Å². The van der Waals surface area contributed by atoms with Gasteiger partial charge in [0.15, 0.2) is 58.9 Å². The molecule has 0 unspecified atom stereocenters. The van der Waals surface area contributed by atoms with E-state index >= 15 is 0 Å². The Morgan fingerprint density at radius 1 is 0.423 bits per heavy atom. The maximum absolute atomic E-state index is 13.5. The first kappa shape index (κ1) is 20.2. The van der Waals surface area contributed by atoms with Crippen LogP contribution in [0.5, 0.6) is 0 Å². The lowest BCUT2D eigenvalue weighted by Gasteiger charge is -2.05. The standard InChI is InChI=1S/C14H4F10OP/c15-5-3(6(16)10(20)13(23)9(5)19)1-26(25)2-4-7(17)11(21)14(24)12(22)8(4)18/h1-2H2/q+1. The fourth-order valence-corrected chi connectivity index (χ4v) is 3.36. The van der Waals surface area contributed by atoms with Crippen LogP contribution in [0.1, 0.15) is 11.1 Å². The average molecular weight is 409 g/mol. The summed E-state index contributed by atoms with van der Waals surface area (Å²) in [5.41, 5.74) is -3.07. The van der Waals surface area contributed by atoms with E-state index < -0.39 is 89.4 Å². The first-order chi connectivity index (χ1) is 12.0. The Hall–Kier alpha value is -2.16. The Morgan fingerprint density at radius 3 is 0.846 bits per heavy atom. The summed E-state index contributed by atoms with van der Waals surface area (Å²) in [6.45, 7) is 0. The molecule has 0 radical (unpaired) electrons. The van der Waals surface area contributed by atoms with Crippen molar-refractivity contribution in [1.29, 1.82) is 0 Å². The molecule has 26 heavy (non-hydrogen) atoms. The zero-order valence-electron chi connectivity index (χ0n) is 12.0. The molecule has 0 N–H and O–H groups in total. The van der Waals surface area contributed by atoms with Crippen molar-refractivity contribution in [1.82, 2.24) is 0 Å². The summed E-state index contributed by atoms with van der Waals surface area (Å²) < 4.78 is 144. The molecule has 12 heteroatoms. The molecule has 0 saturated carbocycles. The van der Waals surface area contributed by atoms with E-state index in [4.69, 9.17) is 0 Å². The molecule has 0 bridgehead atoms. The van der Waals surface area contributed by atoms with Crippen molar-refractivity contribution >= 4 is 7.80 Å². The summed E-state index contributed by atoms with van der Waals surface area (Å²) in [5.74, 6) is -23.6. The van der Waals surface area contributed by atoms with Crippen LogP contribution in [0.4, 0.5) is 43.9 Å². The molecule has 0 aliphatic carbocycles. The van der Waals surface area contributed by atoms with Crippen LogP contribution in [0.15, 0.2) is 0 Å². The highest BCUT2D eigenvalue weighted by atomic mass is 31.1. The van der Waals surface area contributed by atoms with Gasteiger partial charge < -0.3 is 0 Å². The number of rotatable bonds is 4. The number of hydrogen-bond acceptors (Lipinski definition) is 1. The Balaban J connectivity index is 2.41. The fourth-order valence-electron chi connectivity index (χ4n) is 1.99. The molecule has 0 amide bonds. The summed E-state index contributed by atoms with van der Waals surface area (Å²) in [6, 6.07) is 0.